The van der Waals surface area contributed by atoms with Gasteiger partial charge in [0.25, 0.3) is 0 Å². The predicted molar refractivity (Wildman–Crippen MR) is 137 cm³/mol. The van der Waals surface area contributed by atoms with Gasteiger partial charge in [-0.2, -0.15) is 5.10 Å². The van der Waals surface area contributed by atoms with Crippen LogP contribution in [0.1, 0.15) is 23.7 Å². The Labute approximate surface area is 198 Å². The van der Waals surface area contributed by atoms with Crippen molar-refractivity contribution in [3.8, 4) is 33.8 Å². The zero-order chi connectivity index (χ0) is 23.8. The lowest BCUT2D eigenvalue weighted by molar-refractivity contribution is 0.477. The van der Waals surface area contributed by atoms with Crippen LogP contribution in [0.3, 0.4) is 0 Å². The predicted octanol–water partition coefficient (Wildman–Crippen LogP) is 7.19. The van der Waals surface area contributed by atoms with E-state index < -0.39 is 0 Å². The molecule has 0 unspecified atom stereocenters. The van der Waals surface area contributed by atoms with E-state index in [-0.39, 0.29) is 5.75 Å². The maximum atomic E-state index is 10.8. The molecule has 5 aromatic rings. The van der Waals surface area contributed by atoms with Crippen LogP contribution < -0.4 is 0 Å². The number of hydrogen-bond acceptors (Lipinski definition) is 3. The SMILES string of the molecule is [C-]#[N+]c1c(-c2ccc(CC)cc2)nc2c(c(C)nn2-c2ccc(C)cc2)c1-c1ccccc1O. The lowest BCUT2D eigenvalue weighted by Crippen LogP contribution is -1.99. The highest BCUT2D eigenvalue weighted by Crippen LogP contribution is 2.46. The molecular formula is C29H24N4O. The molecule has 0 bridgehead atoms. The van der Waals surface area contributed by atoms with E-state index in [1.54, 1.807) is 12.1 Å². The van der Waals surface area contributed by atoms with E-state index in [0.717, 1.165) is 34.3 Å². The average molecular weight is 445 g/mol. The lowest BCUT2D eigenvalue weighted by Gasteiger charge is -2.14. The maximum absolute atomic E-state index is 10.8. The molecule has 2 aromatic heterocycles. The van der Waals surface area contributed by atoms with Gasteiger partial charge in [0, 0.05) is 16.5 Å². The quantitative estimate of drug-likeness (QED) is 0.298. The number of aromatic nitrogens is 3. The molecule has 1 N–H and O–H groups in total. The van der Waals surface area contributed by atoms with Gasteiger partial charge in [-0.1, -0.05) is 67.1 Å². The zero-order valence-electron chi connectivity index (χ0n) is 19.4. The summed E-state index contributed by atoms with van der Waals surface area (Å²) in [5.41, 5.74) is 7.77. The number of phenolic OH excluding ortho intramolecular Hbond substituents is 1. The summed E-state index contributed by atoms with van der Waals surface area (Å²) in [5.74, 6) is 0.120. The van der Waals surface area contributed by atoms with Crippen LogP contribution in [0.15, 0.2) is 72.8 Å². The lowest BCUT2D eigenvalue weighted by atomic mass is 9.95. The second-order valence-corrected chi connectivity index (χ2v) is 8.39. The average Bonchev–Trinajstić information content (AvgIpc) is 3.20. The number of para-hydroxylation sites is 1. The van der Waals surface area contributed by atoms with E-state index in [4.69, 9.17) is 16.7 Å². The zero-order valence-corrected chi connectivity index (χ0v) is 19.4. The minimum atomic E-state index is 0.120. The summed E-state index contributed by atoms with van der Waals surface area (Å²) in [4.78, 5) is 8.94. The van der Waals surface area contributed by atoms with E-state index >= 15 is 0 Å². The number of phenols is 1. The van der Waals surface area contributed by atoms with Crippen molar-refractivity contribution in [2.45, 2.75) is 27.2 Å². The number of pyridine rings is 1. The number of fused-ring (bicyclic) bond motifs is 1. The van der Waals surface area contributed by atoms with E-state index in [9.17, 15) is 5.11 Å². The molecular weight excluding hydrogens is 420 g/mol. The first-order valence-electron chi connectivity index (χ1n) is 11.3. The van der Waals surface area contributed by atoms with Crippen molar-refractivity contribution in [3.63, 3.8) is 0 Å². The van der Waals surface area contributed by atoms with Gasteiger partial charge in [0.15, 0.2) is 5.65 Å². The largest absolute Gasteiger partial charge is 0.507 e. The molecule has 0 aliphatic heterocycles. The van der Waals surface area contributed by atoms with Crippen molar-refractivity contribution < 1.29 is 5.11 Å². The van der Waals surface area contributed by atoms with Crippen LogP contribution in [0.2, 0.25) is 0 Å². The highest BCUT2D eigenvalue weighted by atomic mass is 16.3. The Morgan fingerprint density at radius 3 is 2.29 bits per heavy atom. The first kappa shape index (κ1) is 21.4. The maximum Gasteiger partial charge on any atom is 0.221 e. The third kappa shape index (κ3) is 3.50. The summed E-state index contributed by atoms with van der Waals surface area (Å²) in [6, 6.07) is 23.4. The fourth-order valence-corrected chi connectivity index (χ4v) is 4.33. The van der Waals surface area contributed by atoms with Gasteiger partial charge in [-0.15, -0.1) is 0 Å². The number of aryl methyl sites for hydroxylation is 3. The summed E-state index contributed by atoms with van der Waals surface area (Å²) in [6.07, 6.45) is 0.935. The van der Waals surface area contributed by atoms with Crippen molar-refractivity contribution >= 4 is 16.7 Å². The topological polar surface area (TPSA) is 55.3 Å². The summed E-state index contributed by atoms with van der Waals surface area (Å²) in [5, 5.41) is 16.3. The molecule has 0 fully saturated rings. The van der Waals surface area contributed by atoms with Crippen LogP contribution >= 0.6 is 0 Å². The smallest absolute Gasteiger partial charge is 0.221 e. The summed E-state index contributed by atoms with van der Waals surface area (Å²) in [7, 11) is 0. The second-order valence-electron chi connectivity index (χ2n) is 8.39. The number of hydrogen-bond donors (Lipinski definition) is 1. The molecule has 5 nitrogen and oxygen atoms in total. The molecule has 0 atom stereocenters. The number of benzene rings is 3. The minimum absolute atomic E-state index is 0.120. The second kappa shape index (κ2) is 8.49. The van der Waals surface area contributed by atoms with Crippen LogP contribution in [-0.4, -0.2) is 19.9 Å². The first-order valence-corrected chi connectivity index (χ1v) is 11.3. The van der Waals surface area contributed by atoms with Gasteiger partial charge in [0.2, 0.25) is 5.69 Å². The standard InChI is InChI=1S/C29H24N4O/c1-5-20-12-14-21(15-13-20)27-28(30-4)26(23-8-6-7-9-24(23)34)25-19(3)32-33(29(25)31-27)22-16-10-18(2)11-17-22/h6-17,34H,5H2,1-3H3. The van der Waals surface area contributed by atoms with E-state index in [1.807, 2.05) is 67.1 Å². The summed E-state index contributed by atoms with van der Waals surface area (Å²) in [6.45, 7) is 14.2. The van der Waals surface area contributed by atoms with Crippen LogP contribution in [-0.2, 0) is 6.42 Å². The van der Waals surface area contributed by atoms with Crippen LogP contribution in [0, 0.1) is 20.4 Å². The molecule has 166 valence electrons. The van der Waals surface area contributed by atoms with E-state index in [1.165, 1.54) is 5.56 Å². The Bertz CT molecular complexity index is 1560. The molecule has 5 heteroatoms. The van der Waals surface area contributed by atoms with Gasteiger partial charge in [0.05, 0.1) is 23.6 Å². The molecule has 2 heterocycles. The molecule has 0 spiro atoms. The number of nitrogens with zero attached hydrogens (tertiary/aromatic N) is 4. The molecule has 34 heavy (non-hydrogen) atoms. The van der Waals surface area contributed by atoms with Crippen molar-refractivity contribution in [1.29, 1.82) is 0 Å². The third-order valence-corrected chi connectivity index (χ3v) is 6.16. The fourth-order valence-electron chi connectivity index (χ4n) is 4.33. The Hall–Kier alpha value is -4.43. The van der Waals surface area contributed by atoms with Gasteiger partial charge in [-0.05, 0) is 49.6 Å². The third-order valence-electron chi connectivity index (χ3n) is 6.16. The first-order chi connectivity index (χ1) is 16.5. The molecule has 5 rings (SSSR count). The summed E-state index contributed by atoms with van der Waals surface area (Å²) >= 11 is 0. The monoisotopic (exact) mass is 444 g/mol. The van der Waals surface area contributed by atoms with Gasteiger partial charge < -0.3 is 5.11 Å². The van der Waals surface area contributed by atoms with Crippen molar-refractivity contribution in [2.24, 2.45) is 0 Å². The molecule has 0 aliphatic carbocycles. The Morgan fingerprint density at radius 2 is 1.65 bits per heavy atom. The van der Waals surface area contributed by atoms with Crippen molar-refractivity contribution in [3.05, 3.63) is 101 Å². The van der Waals surface area contributed by atoms with Crippen LogP contribution in [0.25, 0.3) is 44.0 Å². The Kier molecular flexibility index (Phi) is 5.35. The number of aromatic hydroxyl groups is 1. The minimum Gasteiger partial charge on any atom is -0.507 e. The molecule has 0 saturated carbocycles. The van der Waals surface area contributed by atoms with E-state index in [0.29, 0.717) is 28.2 Å². The molecule has 0 saturated heterocycles. The Balaban J connectivity index is 1.92. The van der Waals surface area contributed by atoms with Gasteiger partial charge in [-0.3, -0.25) is 0 Å². The van der Waals surface area contributed by atoms with E-state index in [2.05, 4.69) is 23.9 Å². The van der Waals surface area contributed by atoms with Crippen LogP contribution in [0.5, 0.6) is 5.75 Å². The molecule has 3 aromatic carbocycles. The normalized spacial score (nSPS) is 11.0. The molecule has 0 radical (unpaired) electrons. The number of rotatable bonds is 4. The van der Waals surface area contributed by atoms with Gasteiger partial charge in [0.1, 0.15) is 5.75 Å². The highest BCUT2D eigenvalue weighted by Gasteiger charge is 2.25. The van der Waals surface area contributed by atoms with Crippen molar-refractivity contribution in [2.75, 3.05) is 0 Å². The Morgan fingerprint density at radius 1 is 0.941 bits per heavy atom. The molecule has 0 amide bonds. The highest BCUT2D eigenvalue weighted by molar-refractivity contribution is 6.07. The van der Waals surface area contributed by atoms with Gasteiger partial charge in [-0.25, -0.2) is 14.5 Å². The van der Waals surface area contributed by atoms with Crippen LogP contribution in [0.4, 0.5) is 5.69 Å². The fraction of sp³-hybridized carbons (Fsp3) is 0.138. The van der Waals surface area contributed by atoms with Gasteiger partial charge >= 0.3 is 0 Å². The summed E-state index contributed by atoms with van der Waals surface area (Å²) < 4.78 is 1.82. The van der Waals surface area contributed by atoms with Crippen molar-refractivity contribution in [1.82, 2.24) is 14.8 Å². The molecule has 0 aliphatic rings.